The molecule has 104 valence electrons. The van der Waals surface area contributed by atoms with Crippen molar-refractivity contribution >= 4 is 59.5 Å². The number of hydrogen-bond donors (Lipinski definition) is 0. The summed E-state index contributed by atoms with van der Waals surface area (Å²) in [7, 11) is 2.10. The first-order valence-electron chi connectivity index (χ1n) is 7.26. The molecule has 0 aromatic carbocycles. The Bertz CT molecular complexity index is 637. The third-order valence-corrected chi connectivity index (χ3v) is 90.0. The zero-order chi connectivity index (χ0) is 13.3. The van der Waals surface area contributed by atoms with E-state index >= 15 is 0 Å². The van der Waals surface area contributed by atoms with E-state index in [9.17, 15) is 0 Å². The van der Waals surface area contributed by atoms with Crippen molar-refractivity contribution in [3.05, 3.63) is 0 Å². The van der Waals surface area contributed by atoms with Gasteiger partial charge in [-0.2, -0.15) is 32.6 Å². The Labute approximate surface area is 141 Å². The molecule has 0 fully saturated rings. The Hall–Kier alpha value is 2.75. The molecule has 1 aliphatic heterocycles. The first-order chi connectivity index (χ1) is 9.28. The molecule has 0 amide bonds. The van der Waals surface area contributed by atoms with Gasteiger partial charge in [-0.3, -0.25) is 0 Å². The molecule has 4 aromatic heterocycles. The van der Waals surface area contributed by atoms with Gasteiger partial charge in [-0.1, -0.05) is 27.7 Å². The molecule has 0 aliphatic carbocycles. The number of hydrogen-bond acceptors (Lipinski definition) is 2. The topological polar surface area (TPSA) is 6.48 Å². The van der Waals surface area contributed by atoms with E-state index in [2.05, 4.69) is 44.9 Å². The van der Waals surface area contributed by atoms with Crippen molar-refractivity contribution in [3.63, 3.8) is 0 Å². The molecule has 0 saturated carbocycles. The molecule has 5 rings (SSSR count). The van der Waals surface area contributed by atoms with Crippen LogP contribution in [0.4, 0.5) is 0 Å². The Morgan fingerprint density at radius 1 is 0.750 bits per heavy atom. The van der Waals surface area contributed by atoms with Crippen LogP contribution in [0.3, 0.4) is 0 Å². The second kappa shape index (κ2) is 6.57. The van der Waals surface area contributed by atoms with E-state index in [-0.39, 0.29) is 18.9 Å². The molecule has 4 atom stereocenters. The number of nitrogens with zero attached hydrogens (tertiary/aromatic N) is 2. The normalized spacial score (nSPS) is 20.9. The van der Waals surface area contributed by atoms with E-state index in [1.165, 1.54) is 26.2 Å². The molecular formula is C8H20B2LiN2P7. The standard InChI is InChI=1S/C8H20B2N2P7.Li/c1-5-11(6-2)9-10(12(7-3)8-4)15-16-13-17-18(14(9)16)19(15)17;/h5-8H2,1-4H3;/q-1;+1. The van der Waals surface area contributed by atoms with Crippen LogP contribution in [-0.2, 0) is 0 Å². The third kappa shape index (κ3) is 2.19. The fourth-order valence-electron chi connectivity index (χ4n) is 3.42. The van der Waals surface area contributed by atoms with Gasteiger partial charge in [0.2, 0.25) is 12.9 Å². The van der Waals surface area contributed by atoms with Crippen LogP contribution in [0.5, 0.6) is 0 Å². The second-order valence-corrected chi connectivity index (χ2v) is 44.7. The van der Waals surface area contributed by atoms with Gasteiger partial charge in [0.1, 0.15) is 0 Å². The quantitative estimate of drug-likeness (QED) is 0.591. The minimum atomic E-state index is 0. The van der Waals surface area contributed by atoms with Crippen molar-refractivity contribution < 1.29 is 18.9 Å². The van der Waals surface area contributed by atoms with Crippen LogP contribution in [0.2, 0.25) is 0 Å². The van der Waals surface area contributed by atoms with Crippen LogP contribution in [0.15, 0.2) is 0 Å². The molecule has 0 radical (unpaired) electrons. The summed E-state index contributed by atoms with van der Waals surface area (Å²) in [5.74, 6) is 0. The van der Waals surface area contributed by atoms with Crippen LogP contribution < -0.4 is 18.9 Å². The third-order valence-electron chi connectivity index (χ3n) is 4.46. The maximum atomic E-state index is 2.90. The minimum absolute atomic E-state index is 0. The largest absolute Gasteiger partial charge is 1.00 e. The van der Waals surface area contributed by atoms with Gasteiger partial charge in [0.05, 0.1) is 0 Å². The monoisotopic (exact) mass is 390 g/mol. The predicted molar refractivity (Wildman–Crippen MR) is 106 cm³/mol. The molecule has 1 aliphatic rings. The average molecular weight is 390 g/mol. The van der Waals surface area contributed by atoms with Crippen molar-refractivity contribution in [2.45, 2.75) is 27.7 Å². The Balaban J connectivity index is 0.00000121. The van der Waals surface area contributed by atoms with E-state index in [0.717, 1.165) is 25.7 Å². The number of rotatable bonds is 6. The minimum Gasteiger partial charge on any atom is -0.346 e. The first kappa shape index (κ1) is 17.6. The average Bonchev–Trinajstić information content (AvgIpc) is 2.79. The summed E-state index contributed by atoms with van der Waals surface area (Å²) in [4.78, 5) is 5.79. The molecule has 20 heavy (non-hydrogen) atoms. The molecule has 0 N–H and O–H groups in total. The Kier molecular flexibility index (Phi) is 5.77. The summed E-state index contributed by atoms with van der Waals surface area (Å²) >= 11 is 0. The molecule has 2 nitrogen and oxygen atoms in total. The molecule has 5 heterocycles. The molecule has 0 spiro atoms. The van der Waals surface area contributed by atoms with Crippen LogP contribution in [0.1, 0.15) is 27.7 Å². The second-order valence-electron chi connectivity index (χ2n) is 5.07. The van der Waals surface area contributed by atoms with Crippen molar-refractivity contribution in [1.29, 1.82) is 0 Å². The fraction of sp³-hybridized carbons (Fsp3) is 1.00. The summed E-state index contributed by atoms with van der Waals surface area (Å²) in [6.45, 7) is 18.1. The van der Waals surface area contributed by atoms with Gasteiger partial charge < -0.3 is 9.62 Å². The molecule has 4 aromatic rings. The summed E-state index contributed by atoms with van der Waals surface area (Å²) in [5.41, 5.74) is 0. The predicted octanol–water partition coefficient (Wildman–Crippen LogP) is 3.86. The maximum Gasteiger partial charge on any atom is 1.00 e. The van der Waals surface area contributed by atoms with E-state index in [4.69, 9.17) is 0 Å². The molecule has 4 unspecified atom stereocenters. The van der Waals surface area contributed by atoms with E-state index in [1.54, 1.807) is 0 Å². The van der Waals surface area contributed by atoms with Gasteiger partial charge in [0.25, 0.3) is 0 Å². The van der Waals surface area contributed by atoms with Gasteiger partial charge in [0.15, 0.2) is 0 Å². The van der Waals surface area contributed by atoms with Crippen LogP contribution in [0, 0.1) is 0 Å². The maximum absolute atomic E-state index is 2.90. The summed E-state index contributed by atoms with van der Waals surface area (Å²) < 4.78 is 0. The van der Waals surface area contributed by atoms with Crippen LogP contribution in [0.25, 0.3) is 0 Å². The van der Waals surface area contributed by atoms with Crippen molar-refractivity contribution in [2.24, 2.45) is 0 Å². The van der Waals surface area contributed by atoms with Gasteiger partial charge in [-0.05, 0) is 26.2 Å². The Morgan fingerprint density at radius 2 is 1.15 bits per heavy atom. The van der Waals surface area contributed by atoms with Crippen molar-refractivity contribution in [3.8, 4) is 0 Å². The summed E-state index contributed by atoms with van der Waals surface area (Å²) in [5, 5.41) is 0. The van der Waals surface area contributed by atoms with Gasteiger partial charge in [-0.15, -0.1) is 13.9 Å². The first-order valence-corrected chi connectivity index (χ1v) is 22.7. The molecule has 6 bridgehead atoms. The van der Waals surface area contributed by atoms with Crippen LogP contribution in [-0.4, -0.2) is 48.7 Å². The van der Waals surface area contributed by atoms with Crippen molar-refractivity contribution in [2.75, 3.05) is 26.2 Å². The zero-order valence-corrected chi connectivity index (χ0v) is 19.3. The zero-order valence-electron chi connectivity index (χ0n) is 13.0. The molecule has 0 saturated heterocycles. The summed E-state index contributed by atoms with van der Waals surface area (Å²) in [6.07, 6.45) is 2.76. The van der Waals surface area contributed by atoms with Gasteiger partial charge >= 0.3 is 18.9 Å². The van der Waals surface area contributed by atoms with E-state index in [1.807, 2.05) is 0 Å². The van der Waals surface area contributed by atoms with Gasteiger partial charge in [0, 0.05) is 0 Å². The summed E-state index contributed by atoms with van der Waals surface area (Å²) in [6, 6.07) is 0. The van der Waals surface area contributed by atoms with Gasteiger partial charge in [-0.25, -0.2) is 0 Å². The molecule has 12 heteroatoms. The van der Waals surface area contributed by atoms with E-state index in [0.29, 0.717) is 26.3 Å². The Morgan fingerprint density at radius 3 is 1.45 bits per heavy atom. The van der Waals surface area contributed by atoms with Crippen molar-refractivity contribution in [1.82, 2.24) is 9.62 Å². The fourth-order valence-corrected chi connectivity index (χ4v) is 188. The molecular weight excluding hydrogens is 369 g/mol. The van der Waals surface area contributed by atoms with Crippen LogP contribution >= 0.6 is 46.6 Å². The SMILES string of the molecule is CCN(CC)B1B(N(CC)CC)p2p3[p-]p4p(p31)p24.[Li+]. The smallest absolute Gasteiger partial charge is 0.346 e. The van der Waals surface area contributed by atoms with E-state index < -0.39 is 0 Å².